The topological polar surface area (TPSA) is 51.1 Å². The highest BCUT2D eigenvalue weighted by Gasteiger charge is 2.24. The van der Waals surface area contributed by atoms with Crippen LogP contribution in [0.25, 0.3) is 0 Å². The first-order valence-electron chi connectivity index (χ1n) is 9.80. The maximum atomic E-state index is 11.9. The molecule has 28 heavy (non-hydrogen) atoms. The molecule has 0 spiro atoms. The number of nitrogens with zero attached hydrogens (tertiary/aromatic N) is 2. The van der Waals surface area contributed by atoms with Crippen molar-refractivity contribution in [1.82, 2.24) is 4.90 Å². The lowest BCUT2D eigenvalue weighted by Gasteiger charge is -2.26. The van der Waals surface area contributed by atoms with Crippen LogP contribution in [0.3, 0.4) is 0 Å². The van der Waals surface area contributed by atoms with Crippen LogP contribution in [0.1, 0.15) is 25.3 Å². The quantitative estimate of drug-likeness (QED) is 0.434. The van der Waals surface area contributed by atoms with Gasteiger partial charge < -0.3 is 9.47 Å². The predicted molar refractivity (Wildman–Crippen MR) is 112 cm³/mol. The Labute approximate surface area is 168 Å². The lowest BCUT2D eigenvalue weighted by molar-refractivity contribution is -0.115. The first kappa shape index (κ1) is 20.6. The molecule has 1 saturated carbocycles. The Kier molecular flexibility index (Phi) is 7.23. The molecular weight excluding hydrogens is 351 g/mol. The van der Waals surface area contributed by atoms with E-state index in [9.17, 15) is 4.79 Å². The summed E-state index contributed by atoms with van der Waals surface area (Å²) in [5.41, 5.74) is 3.25. The minimum absolute atomic E-state index is 0.0797. The van der Waals surface area contributed by atoms with Gasteiger partial charge in [-0.2, -0.15) is 0 Å². The van der Waals surface area contributed by atoms with Gasteiger partial charge in [0.2, 0.25) is 0 Å². The second-order valence-electron chi connectivity index (χ2n) is 7.18. The van der Waals surface area contributed by atoms with Crippen LogP contribution in [-0.2, 0) is 9.53 Å². The molecule has 6 heteroatoms. The molecule has 1 saturated heterocycles. The van der Waals surface area contributed by atoms with Crippen LogP contribution in [0.15, 0.2) is 53.2 Å². The van der Waals surface area contributed by atoms with Gasteiger partial charge in [-0.3, -0.25) is 14.7 Å². The molecule has 2 radical (unpaired) electrons. The Morgan fingerprint density at radius 3 is 2.79 bits per heavy atom. The number of morpholine rings is 1. The summed E-state index contributed by atoms with van der Waals surface area (Å²) in [6, 6.07) is 7.92. The van der Waals surface area contributed by atoms with Gasteiger partial charge in [-0.25, -0.2) is 0 Å². The maximum Gasteiger partial charge on any atom is 0.157 e. The van der Waals surface area contributed by atoms with E-state index >= 15 is 0 Å². The fourth-order valence-electron chi connectivity index (χ4n) is 3.28. The first-order valence-corrected chi connectivity index (χ1v) is 9.80. The van der Waals surface area contributed by atoms with Gasteiger partial charge in [0.15, 0.2) is 5.78 Å². The second kappa shape index (κ2) is 9.85. The molecule has 0 aromatic heterocycles. The Hall–Kier alpha value is -2.18. The second-order valence-corrected chi connectivity index (χ2v) is 7.18. The number of carbonyl (C=O) groups is 1. The third-order valence-electron chi connectivity index (χ3n) is 5.21. The van der Waals surface area contributed by atoms with Crippen LogP contribution >= 0.6 is 0 Å². The molecule has 2 fully saturated rings. The van der Waals surface area contributed by atoms with Crippen molar-refractivity contribution in [2.45, 2.75) is 25.6 Å². The van der Waals surface area contributed by atoms with Crippen molar-refractivity contribution in [1.29, 1.82) is 0 Å². The number of carbonyl (C=O) groups excluding carboxylic acids is 1. The number of Topliss-reactive ketones (excluding diaryl/α,β-unsaturated/α-hetero) is 1. The summed E-state index contributed by atoms with van der Waals surface area (Å²) in [4.78, 5) is 18.8. The zero-order chi connectivity index (χ0) is 19.9. The van der Waals surface area contributed by atoms with E-state index in [2.05, 4.69) is 16.5 Å². The molecule has 1 aromatic carbocycles. The predicted octanol–water partition coefficient (Wildman–Crippen LogP) is 2.97. The average molecular weight is 378 g/mol. The van der Waals surface area contributed by atoms with Gasteiger partial charge in [0.25, 0.3) is 0 Å². The van der Waals surface area contributed by atoms with Crippen molar-refractivity contribution in [3.8, 4) is 5.75 Å². The summed E-state index contributed by atoms with van der Waals surface area (Å²) in [7, 11) is 5.78. The number of benzene rings is 1. The van der Waals surface area contributed by atoms with E-state index in [1.54, 1.807) is 6.20 Å². The lowest BCUT2D eigenvalue weighted by Crippen LogP contribution is -2.38. The van der Waals surface area contributed by atoms with Crippen molar-refractivity contribution < 1.29 is 14.3 Å². The minimum Gasteiger partial charge on any atom is -0.492 e. The zero-order valence-corrected chi connectivity index (χ0v) is 16.5. The van der Waals surface area contributed by atoms with Gasteiger partial charge in [0.1, 0.15) is 12.4 Å². The number of aliphatic imine (C=N–C) groups is 1. The highest BCUT2D eigenvalue weighted by Crippen LogP contribution is 2.30. The van der Waals surface area contributed by atoms with Crippen LogP contribution in [0.4, 0.5) is 0 Å². The molecule has 1 atom stereocenters. The smallest absolute Gasteiger partial charge is 0.157 e. The summed E-state index contributed by atoms with van der Waals surface area (Å²) < 4.78 is 11.2. The lowest BCUT2D eigenvalue weighted by atomic mass is 9.71. The normalized spacial score (nSPS) is 23.2. The molecular formula is C22H27BN2O3. The van der Waals surface area contributed by atoms with Crippen LogP contribution in [0.5, 0.6) is 5.75 Å². The summed E-state index contributed by atoms with van der Waals surface area (Å²) in [6.45, 7) is 10.9. The summed E-state index contributed by atoms with van der Waals surface area (Å²) >= 11 is 0. The first-order chi connectivity index (χ1) is 13.5. The van der Waals surface area contributed by atoms with E-state index in [-0.39, 0.29) is 5.78 Å². The largest absolute Gasteiger partial charge is 0.492 e. The van der Waals surface area contributed by atoms with Crippen LogP contribution < -0.4 is 4.74 Å². The molecule has 146 valence electrons. The number of allylic oxidation sites excluding steroid dienone is 2. The third kappa shape index (κ3) is 5.43. The standard InChI is InChI=1S/C22H27BN2O3/c1-16-19(5-8-21(23)22(16)26)15-24-17(2)18-3-6-20(7-4-18)28-14-11-25-9-12-27-13-10-25/h3-4,6-7,15,21H,1,5,8-14H2,2H3/b19-15-,24-17?. The molecule has 0 amide bonds. The van der Waals surface area contributed by atoms with Gasteiger partial charge in [-0.15, -0.1) is 0 Å². The molecule has 2 aliphatic rings. The van der Waals surface area contributed by atoms with Crippen LogP contribution in [0.2, 0.25) is 5.82 Å². The van der Waals surface area contributed by atoms with Crippen molar-refractivity contribution in [3.63, 3.8) is 0 Å². The van der Waals surface area contributed by atoms with Gasteiger partial charge in [0.05, 0.1) is 21.1 Å². The van der Waals surface area contributed by atoms with E-state index in [0.29, 0.717) is 18.6 Å². The molecule has 1 aliphatic carbocycles. The Bertz CT molecular complexity index is 764. The molecule has 0 N–H and O–H groups in total. The highest BCUT2D eigenvalue weighted by molar-refractivity contribution is 6.29. The summed E-state index contributed by atoms with van der Waals surface area (Å²) in [5, 5.41) is 0. The molecule has 1 heterocycles. The molecule has 1 unspecified atom stereocenters. The summed E-state index contributed by atoms with van der Waals surface area (Å²) in [6.07, 6.45) is 3.13. The number of hydrogen-bond donors (Lipinski definition) is 0. The maximum absolute atomic E-state index is 11.9. The fraction of sp³-hybridized carbons (Fsp3) is 0.455. The van der Waals surface area contributed by atoms with Gasteiger partial charge >= 0.3 is 0 Å². The Morgan fingerprint density at radius 1 is 1.36 bits per heavy atom. The molecule has 3 rings (SSSR count). The van der Waals surface area contributed by atoms with Crippen LogP contribution in [0, 0.1) is 0 Å². The monoisotopic (exact) mass is 378 g/mol. The SMILES string of the molecule is [B]C1CC/C(=C/N=C(C)c2ccc(OCCN3CCOCC3)cc2)C(=C)C1=O. The number of ether oxygens (including phenoxy) is 2. The number of rotatable bonds is 6. The highest BCUT2D eigenvalue weighted by atomic mass is 16.5. The zero-order valence-electron chi connectivity index (χ0n) is 16.5. The Balaban J connectivity index is 1.53. The van der Waals surface area contributed by atoms with E-state index in [1.807, 2.05) is 31.2 Å². The van der Waals surface area contributed by atoms with Crippen molar-refractivity contribution in [3.05, 3.63) is 53.8 Å². The molecule has 0 bridgehead atoms. The van der Waals surface area contributed by atoms with Crippen LogP contribution in [-0.4, -0.2) is 63.7 Å². The van der Waals surface area contributed by atoms with E-state index < -0.39 is 5.82 Å². The number of ketones is 1. The van der Waals surface area contributed by atoms with Gasteiger partial charge in [-0.1, -0.05) is 6.58 Å². The van der Waals surface area contributed by atoms with Gasteiger partial charge in [0, 0.05) is 37.1 Å². The van der Waals surface area contributed by atoms with Gasteiger partial charge in [-0.05, 0) is 61.0 Å². The molecule has 1 aromatic rings. The van der Waals surface area contributed by atoms with Crippen molar-refractivity contribution in [2.75, 3.05) is 39.5 Å². The number of hydrogen-bond acceptors (Lipinski definition) is 5. The average Bonchev–Trinajstić information content (AvgIpc) is 2.72. The van der Waals surface area contributed by atoms with Crippen molar-refractivity contribution in [2.24, 2.45) is 4.99 Å². The molecule has 5 nitrogen and oxygen atoms in total. The van der Waals surface area contributed by atoms with E-state index in [0.717, 1.165) is 61.9 Å². The van der Waals surface area contributed by atoms with E-state index in [1.165, 1.54) is 0 Å². The molecule has 1 aliphatic heterocycles. The summed E-state index contributed by atoms with van der Waals surface area (Å²) in [5.74, 6) is 0.345. The van der Waals surface area contributed by atoms with E-state index in [4.69, 9.17) is 17.3 Å². The minimum atomic E-state index is -0.425. The Morgan fingerprint density at radius 2 is 2.07 bits per heavy atom. The third-order valence-corrected chi connectivity index (χ3v) is 5.21. The van der Waals surface area contributed by atoms with Crippen molar-refractivity contribution >= 4 is 19.3 Å². The fourth-order valence-corrected chi connectivity index (χ4v) is 3.28.